The maximum Gasteiger partial charge on any atom is 0.122 e. The number of hydrogen-bond acceptors (Lipinski definition) is 2. The maximum atomic E-state index is 5.94. The molecule has 0 aliphatic rings. The van der Waals surface area contributed by atoms with Gasteiger partial charge in [-0.3, -0.25) is 0 Å². The fourth-order valence-corrected chi connectivity index (χ4v) is 2.17. The van der Waals surface area contributed by atoms with Crippen molar-refractivity contribution in [2.75, 3.05) is 33.4 Å². The minimum atomic E-state index is 0.562. The molecule has 0 heterocycles. The molecular formula is C17H30NO2+. The molecule has 0 aliphatic heterocycles. The molecule has 0 saturated carbocycles. The van der Waals surface area contributed by atoms with E-state index in [0.29, 0.717) is 5.92 Å². The van der Waals surface area contributed by atoms with Gasteiger partial charge in [0.05, 0.1) is 26.3 Å². The Morgan fingerprint density at radius 1 is 1.10 bits per heavy atom. The van der Waals surface area contributed by atoms with Crippen molar-refractivity contribution >= 4 is 0 Å². The lowest BCUT2D eigenvalue weighted by Gasteiger charge is -2.15. The predicted octanol–water partition coefficient (Wildman–Crippen LogP) is 2.57. The van der Waals surface area contributed by atoms with E-state index < -0.39 is 0 Å². The highest BCUT2D eigenvalue weighted by molar-refractivity contribution is 5.35. The van der Waals surface area contributed by atoms with Crippen molar-refractivity contribution in [2.45, 2.75) is 39.0 Å². The lowest BCUT2D eigenvalue weighted by Crippen LogP contribution is -2.84. The summed E-state index contributed by atoms with van der Waals surface area (Å²) in [6, 6.07) is 8.42. The van der Waals surface area contributed by atoms with Crippen LogP contribution in [0.5, 0.6) is 5.75 Å². The first-order valence-corrected chi connectivity index (χ1v) is 7.81. The molecule has 0 aromatic heterocycles. The fraction of sp³-hybridized carbons (Fsp3) is 0.647. The third kappa shape index (κ3) is 6.40. The van der Waals surface area contributed by atoms with Gasteiger partial charge in [0.25, 0.3) is 0 Å². The molecule has 0 spiro atoms. The first-order valence-electron chi connectivity index (χ1n) is 7.81. The van der Waals surface area contributed by atoms with Crippen molar-refractivity contribution in [2.24, 2.45) is 0 Å². The number of benzene rings is 1. The number of ether oxygens (including phenoxy) is 2. The summed E-state index contributed by atoms with van der Waals surface area (Å²) in [6.45, 7) is 8.39. The molecule has 1 atom stereocenters. The van der Waals surface area contributed by atoms with Crippen LogP contribution in [0.25, 0.3) is 0 Å². The van der Waals surface area contributed by atoms with Gasteiger partial charge in [0.1, 0.15) is 5.75 Å². The molecule has 3 nitrogen and oxygen atoms in total. The van der Waals surface area contributed by atoms with Crippen LogP contribution >= 0.6 is 0 Å². The monoisotopic (exact) mass is 280 g/mol. The third-order valence-electron chi connectivity index (χ3n) is 3.63. The standard InChI is InChI=1S/C17H29NO2/c1-4-15(2)16-9-5-6-10-17(16)20-14-8-12-18-11-7-13-19-3/h5-6,9-10,15,18H,4,7-8,11-14H2,1-3H3/p+1/t15-/m1/s1. The molecule has 0 bridgehead atoms. The van der Waals surface area contributed by atoms with E-state index in [2.05, 4.69) is 43.4 Å². The number of quaternary nitrogens is 1. The SMILES string of the molecule is CC[C@@H](C)c1ccccc1OCCC[NH2+]CCCOC. The average molecular weight is 280 g/mol. The Bertz CT molecular complexity index is 355. The molecule has 20 heavy (non-hydrogen) atoms. The topological polar surface area (TPSA) is 35.1 Å². The molecule has 0 fully saturated rings. The summed E-state index contributed by atoms with van der Waals surface area (Å²) in [6.07, 6.45) is 3.35. The number of hydrogen-bond donors (Lipinski definition) is 1. The Labute approximate surface area is 123 Å². The maximum absolute atomic E-state index is 5.94. The predicted molar refractivity (Wildman–Crippen MR) is 83.4 cm³/mol. The van der Waals surface area contributed by atoms with Gasteiger partial charge >= 0.3 is 0 Å². The Morgan fingerprint density at radius 2 is 1.80 bits per heavy atom. The van der Waals surface area contributed by atoms with Gasteiger partial charge in [0, 0.05) is 20.0 Å². The van der Waals surface area contributed by atoms with Crippen molar-refractivity contribution < 1.29 is 14.8 Å². The van der Waals surface area contributed by atoms with Gasteiger partial charge in [-0.15, -0.1) is 0 Å². The molecule has 1 aromatic rings. The fourth-order valence-electron chi connectivity index (χ4n) is 2.17. The van der Waals surface area contributed by atoms with Crippen LogP contribution in [0.4, 0.5) is 0 Å². The zero-order valence-electron chi connectivity index (χ0n) is 13.2. The average Bonchev–Trinajstić information content (AvgIpc) is 2.49. The summed E-state index contributed by atoms with van der Waals surface area (Å²) < 4.78 is 11.0. The van der Waals surface area contributed by atoms with Crippen molar-refractivity contribution in [3.05, 3.63) is 29.8 Å². The van der Waals surface area contributed by atoms with Gasteiger partial charge in [0.15, 0.2) is 0 Å². The summed E-state index contributed by atoms with van der Waals surface area (Å²) in [4.78, 5) is 0. The second-order valence-corrected chi connectivity index (χ2v) is 5.26. The van der Waals surface area contributed by atoms with Crippen molar-refractivity contribution in [3.8, 4) is 5.75 Å². The third-order valence-corrected chi connectivity index (χ3v) is 3.63. The summed E-state index contributed by atoms with van der Waals surface area (Å²) in [5, 5.41) is 2.34. The van der Waals surface area contributed by atoms with Crippen LogP contribution in [-0.4, -0.2) is 33.4 Å². The molecule has 0 aliphatic carbocycles. The van der Waals surface area contributed by atoms with Crippen LogP contribution in [-0.2, 0) is 4.74 Å². The molecule has 0 radical (unpaired) electrons. The van der Waals surface area contributed by atoms with Crippen LogP contribution < -0.4 is 10.1 Å². The van der Waals surface area contributed by atoms with Crippen molar-refractivity contribution in [3.63, 3.8) is 0 Å². The summed E-state index contributed by atoms with van der Waals surface area (Å²) in [7, 11) is 1.75. The molecule has 0 unspecified atom stereocenters. The molecule has 0 saturated heterocycles. The van der Waals surface area contributed by atoms with E-state index in [1.807, 2.05) is 0 Å². The van der Waals surface area contributed by atoms with Crippen LogP contribution in [0, 0.1) is 0 Å². The smallest absolute Gasteiger partial charge is 0.122 e. The van der Waals surface area contributed by atoms with Gasteiger partial charge in [-0.05, 0) is 24.0 Å². The highest BCUT2D eigenvalue weighted by Gasteiger charge is 2.09. The van der Waals surface area contributed by atoms with Crippen LogP contribution in [0.1, 0.15) is 44.6 Å². The molecule has 114 valence electrons. The number of methoxy groups -OCH3 is 1. The number of para-hydroxylation sites is 1. The number of nitrogens with two attached hydrogens (primary N) is 1. The van der Waals surface area contributed by atoms with E-state index in [-0.39, 0.29) is 0 Å². The molecule has 2 N–H and O–H groups in total. The van der Waals surface area contributed by atoms with E-state index in [9.17, 15) is 0 Å². The van der Waals surface area contributed by atoms with Crippen LogP contribution in [0.3, 0.4) is 0 Å². The van der Waals surface area contributed by atoms with Gasteiger partial charge in [-0.2, -0.15) is 0 Å². The van der Waals surface area contributed by atoms with Crippen LogP contribution in [0.15, 0.2) is 24.3 Å². The van der Waals surface area contributed by atoms with E-state index in [4.69, 9.17) is 9.47 Å². The normalized spacial score (nSPS) is 12.3. The summed E-state index contributed by atoms with van der Waals surface area (Å²) >= 11 is 0. The molecular weight excluding hydrogens is 250 g/mol. The van der Waals surface area contributed by atoms with E-state index in [1.165, 1.54) is 5.56 Å². The van der Waals surface area contributed by atoms with Gasteiger partial charge in [-0.1, -0.05) is 32.0 Å². The molecule has 1 rings (SSSR count). The van der Waals surface area contributed by atoms with Crippen molar-refractivity contribution in [1.82, 2.24) is 0 Å². The minimum Gasteiger partial charge on any atom is -0.493 e. The first kappa shape index (κ1) is 17.0. The van der Waals surface area contributed by atoms with E-state index in [0.717, 1.165) is 51.3 Å². The Morgan fingerprint density at radius 3 is 2.50 bits per heavy atom. The van der Waals surface area contributed by atoms with Crippen LogP contribution in [0.2, 0.25) is 0 Å². The lowest BCUT2D eigenvalue weighted by molar-refractivity contribution is -0.655. The Balaban J connectivity index is 2.22. The van der Waals surface area contributed by atoms with E-state index in [1.54, 1.807) is 7.11 Å². The molecule has 3 heteroatoms. The largest absolute Gasteiger partial charge is 0.493 e. The second kappa shape index (κ2) is 10.7. The Kier molecular flexibility index (Phi) is 9.09. The quantitative estimate of drug-likeness (QED) is 0.632. The highest BCUT2D eigenvalue weighted by Crippen LogP contribution is 2.28. The van der Waals surface area contributed by atoms with Crippen molar-refractivity contribution in [1.29, 1.82) is 0 Å². The summed E-state index contributed by atoms with van der Waals surface area (Å²) in [5.41, 5.74) is 1.33. The van der Waals surface area contributed by atoms with E-state index >= 15 is 0 Å². The molecule has 0 amide bonds. The number of rotatable bonds is 11. The Hall–Kier alpha value is -1.06. The second-order valence-electron chi connectivity index (χ2n) is 5.26. The minimum absolute atomic E-state index is 0.562. The highest BCUT2D eigenvalue weighted by atomic mass is 16.5. The zero-order valence-corrected chi connectivity index (χ0v) is 13.2. The summed E-state index contributed by atoms with van der Waals surface area (Å²) in [5.74, 6) is 1.62. The van der Waals surface area contributed by atoms with Gasteiger partial charge in [-0.25, -0.2) is 0 Å². The first-order chi connectivity index (χ1) is 9.79. The van der Waals surface area contributed by atoms with Gasteiger partial charge < -0.3 is 14.8 Å². The zero-order chi connectivity index (χ0) is 14.6. The lowest BCUT2D eigenvalue weighted by atomic mass is 9.98. The molecule has 1 aromatic carbocycles. The van der Waals surface area contributed by atoms with Gasteiger partial charge in [0.2, 0.25) is 0 Å².